The van der Waals surface area contributed by atoms with Crippen LogP contribution in [0.4, 0.5) is 5.69 Å². The Hall–Kier alpha value is -2.34. The number of aryl methyl sites for hydroxylation is 2. The highest BCUT2D eigenvalue weighted by Gasteiger charge is 2.12. The fourth-order valence-corrected chi connectivity index (χ4v) is 2.02. The molecule has 0 bridgehead atoms. The van der Waals surface area contributed by atoms with E-state index < -0.39 is 0 Å². The zero-order valence-corrected chi connectivity index (χ0v) is 12.5. The second kappa shape index (κ2) is 6.41. The minimum Gasteiger partial charge on any atom is -0.480 e. The van der Waals surface area contributed by atoms with Crippen LogP contribution >= 0.6 is 0 Å². The van der Waals surface area contributed by atoms with Crippen molar-refractivity contribution < 1.29 is 9.53 Å². The molecular formula is C15H20N4O2. The maximum atomic E-state index is 11.9. The Balaban J connectivity index is 1.92. The lowest BCUT2D eigenvalue weighted by Crippen LogP contribution is -2.20. The van der Waals surface area contributed by atoms with Crippen molar-refractivity contribution in [1.29, 1.82) is 0 Å². The number of nitrogens with two attached hydrogens (primary N) is 1. The van der Waals surface area contributed by atoms with Gasteiger partial charge in [0.1, 0.15) is 5.69 Å². The Labute approximate surface area is 123 Å². The lowest BCUT2D eigenvalue weighted by molar-refractivity contribution is -0.118. The molecule has 1 aromatic heterocycles. The third kappa shape index (κ3) is 3.61. The van der Waals surface area contributed by atoms with E-state index in [0.29, 0.717) is 12.3 Å². The molecule has 6 nitrogen and oxygen atoms in total. The van der Waals surface area contributed by atoms with E-state index in [-0.39, 0.29) is 12.5 Å². The van der Waals surface area contributed by atoms with Crippen LogP contribution in [0.3, 0.4) is 0 Å². The molecule has 1 heterocycles. The molecule has 1 amide bonds. The minimum absolute atomic E-state index is 0.0496. The van der Waals surface area contributed by atoms with Crippen LogP contribution in [-0.2, 0) is 18.4 Å². The highest BCUT2D eigenvalue weighted by Crippen LogP contribution is 2.21. The molecule has 6 heteroatoms. The number of nitrogens with one attached hydrogen (secondary N) is 1. The van der Waals surface area contributed by atoms with Crippen LogP contribution in [0, 0.1) is 13.8 Å². The summed E-state index contributed by atoms with van der Waals surface area (Å²) >= 11 is 0. The first-order chi connectivity index (χ1) is 10.0. The number of ether oxygens (including phenoxy) is 1. The summed E-state index contributed by atoms with van der Waals surface area (Å²) < 4.78 is 7.28. The fraction of sp³-hybridized carbons (Fsp3) is 0.333. The third-order valence-corrected chi connectivity index (χ3v) is 3.26. The van der Waals surface area contributed by atoms with E-state index in [1.165, 1.54) is 0 Å². The summed E-state index contributed by atoms with van der Waals surface area (Å²) in [5, 5.41) is 7.02. The number of hydrogen-bond donors (Lipinski definition) is 2. The lowest BCUT2D eigenvalue weighted by atomic mass is 10.2. The Bertz CT molecular complexity index is 632. The van der Waals surface area contributed by atoms with Gasteiger partial charge in [-0.2, -0.15) is 5.10 Å². The summed E-state index contributed by atoms with van der Waals surface area (Å²) in [7, 11) is 1.84. The van der Waals surface area contributed by atoms with Gasteiger partial charge >= 0.3 is 0 Å². The van der Waals surface area contributed by atoms with Gasteiger partial charge < -0.3 is 15.8 Å². The topological polar surface area (TPSA) is 82.2 Å². The molecular weight excluding hydrogens is 268 g/mol. The van der Waals surface area contributed by atoms with E-state index in [1.54, 1.807) is 4.68 Å². The zero-order valence-electron chi connectivity index (χ0n) is 12.5. The van der Waals surface area contributed by atoms with E-state index in [0.717, 1.165) is 22.6 Å². The van der Waals surface area contributed by atoms with Gasteiger partial charge in [0.25, 0.3) is 5.91 Å². The number of amides is 1. The highest BCUT2D eigenvalue weighted by molar-refractivity contribution is 5.91. The third-order valence-electron chi connectivity index (χ3n) is 3.26. The first-order valence-electron chi connectivity index (χ1n) is 6.73. The number of anilines is 1. The summed E-state index contributed by atoms with van der Waals surface area (Å²) in [6.07, 6.45) is 0. The van der Waals surface area contributed by atoms with Crippen molar-refractivity contribution in [2.75, 3.05) is 11.9 Å². The van der Waals surface area contributed by atoms with E-state index in [4.69, 9.17) is 10.5 Å². The van der Waals surface area contributed by atoms with E-state index in [2.05, 4.69) is 10.4 Å². The molecule has 0 saturated heterocycles. The van der Waals surface area contributed by atoms with Crippen LogP contribution < -0.4 is 15.8 Å². The van der Waals surface area contributed by atoms with Crippen molar-refractivity contribution in [1.82, 2.24) is 9.78 Å². The quantitative estimate of drug-likeness (QED) is 0.873. The fourth-order valence-electron chi connectivity index (χ4n) is 2.02. The molecule has 2 rings (SSSR count). The van der Waals surface area contributed by atoms with E-state index in [1.807, 2.05) is 45.2 Å². The van der Waals surface area contributed by atoms with Crippen LogP contribution in [0.25, 0.3) is 0 Å². The molecule has 0 atom stereocenters. The largest absolute Gasteiger partial charge is 0.480 e. The molecule has 3 N–H and O–H groups in total. The smallest absolute Gasteiger partial charge is 0.262 e. The molecule has 0 spiro atoms. The Morgan fingerprint density at radius 2 is 2.00 bits per heavy atom. The number of carbonyl (C=O) groups excluding carboxylic acids is 1. The summed E-state index contributed by atoms with van der Waals surface area (Å²) in [4.78, 5) is 11.9. The van der Waals surface area contributed by atoms with Crippen LogP contribution in [0.15, 0.2) is 24.3 Å². The molecule has 1 aromatic carbocycles. The van der Waals surface area contributed by atoms with Crippen molar-refractivity contribution >= 4 is 11.6 Å². The SMILES string of the molecule is Cc1nn(C)c(C)c1OCC(=O)Nc1ccc(CN)cc1. The lowest BCUT2D eigenvalue weighted by Gasteiger charge is -2.08. The van der Waals surface area contributed by atoms with Crippen molar-refractivity contribution in [2.24, 2.45) is 12.8 Å². The minimum atomic E-state index is -0.210. The molecule has 0 saturated carbocycles. The van der Waals surface area contributed by atoms with Crippen molar-refractivity contribution in [3.8, 4) is 5.75 Å². The van der Waals surface area contributed by atoms with Crippen LogP contribution in [0.2, 0.25) is 0 Å². The van der Waals surface area contributed by atoms with E-state index >= 15 is 0 Å². The number of carbonyl (C=O) groups is 1. The van der Waals surface area contributed by atoms with Gasteiger partial charge in [-0.05, 0) is 31.5 Å². The summed E-state index contributed by atoms with van der Waals surface area (Å²) in [5.41, 5.74) is 8.94. The number of nitrogens with zero attached hydrogens (tertiary/aromatic N) is 2. The van der Waals surface area contributed by atoms with Crippen LogP contribution in [-0.4, -0.2) is 22.3 Å². The second-order valence-corrected chi connectivity index (χ2v) is 4.86. The first-order valence-corrected chi connectivity index (χ1v) is 6.73. The highest BCUT2D eigenvalue weighted by atomic mass is 16.5. The molecule has 21 heavy (non-hydrogen) atoms. The summed E-state index contributed by atoms with van der Waals surface area (Å²) in [6.45, 7) is 4.19. The molecule has 0 aliphatic rings. The molecule has 0 unspecified atom stereocenters. The number of rotatable bonds is 5. The molecule has 0 aliphatic heterocycles. The van der Waals surface area contributed by atoms with Gasteiger partial charge in [-0.25, -0.2) is 0 Å². The molecule has 0 fully saturated rings. The molecule has 0 radical (unpaired) electrons. The standard InChI is InChI=1S/C15H20N4O2/c1-10-15(11(2)19(3)18-10)21-9-14(20)17-13-6-4-12(8-16)5-7-13/h4-7H,8-9,16H2,1-3H3,(H,17,20). The van der Waals surface area contributed by atoms with Gasteiger partial charge in [0.2, 0.25) is 0 Å². The van der Waals surface area contributed by atoms with Crippen LogP contribution in [0.5, 0.6) is 5.75 Å². The monoisotopic (exact) mass is 288 g/mol. The Morgan fingerprint density at radius 3 is 2.52 bits per heavy atom. The maximum absolute atomic E-state index is 11.9. The normalized spacial score (nSPS) is 10.5. The van der Waals surface area contributed by atoms with Gasteiger partial charge in [-0.1, -0.05) is 12.1 Å². The molecule has 0 aliphatic carbocycles. The van der Waals surface area contributed by atoms with Crippen molar-refractivity contribution in [2.45, 2.75) is 20.4 Å². The van der Waals surface area contributed by atoms with Crippen molar-refractivity contribution in [3.63, 3.8) is 0 Å². The predicted octanol–water partition coefficient (Wildman–Crippen LogP) is 1.51. The molecule has 112 valence electrons. The van der Waals surface area contributed by atoms with Gasteiger partial charge in [0.15, 0.2) is 12.4 Å². The average Bonchev–Trinajstić information content (AvgIpc) is 2.71. The Morgan fingerprint density at radius 1 is 1.33 bits per heavy atom. The predicted molar refractivity (Wildman–Crippen MR) is 81.1 cm³/mol. The molecule has 2 aromatic rings. The summed E-state index contributed by atoms with van der Waals surface area (Å²) in [5.74, 6) is 0.448. The number of hydrogen-bond acceptors (Lipinski definition) is 4. The van der Waals surface area contributed by atoms with Crippen molar-refractivity contribution in [3.05, 3.63) is 41.2 Å². The number of benzene rings is 1. The Kier molecular flexibility index (Phi) is 4.59. The summed E-state index contributed by atoms with van der Waals surface area (Å²) in [6, 6.07) is 7.40. The van der Waals surface area contributed by atoms with Gasteiger partial charge in [-0.3, -0.25) is 9.48 Å². The first kappa shape index (κ1) is 15.1. The zero-order chi connectivity index (χ0) is 15.4. The maximum Gasteiger partial charge on any atom is 0.262 e. The van der Waals surface area contributed by atoms with Gasteiger partial charge in [0.05, 0.1) is 5.69 Å². The second-order valence-electron chi connectivity index (χ2n) is 4.86. The van der Waals surface area contributed by atoms with Gasteiger partial charge in [0, 0.05) is 19.3 Å². The number of aromatic nitrogens is 2. The van der Waals surface area contributed by atoms with Gasteiger partial charge in [-0.15, -0.1) is 0 Å². The average molecular weight is 288 g/mol. The van der Waals surface area contributed by atoms with Crippen LogP contribution in [0.1, 0.15) is 17.0 Å². The van der Waals surface area contributed by atoms with E-state index in [9.17, 15) is 4.79 Å².